The second kappa shape index (κ2) is 7.65. The molecule has 1 aromatic carbocycles. The predicted octanol–water partition coefficient (Wildman–Crippen LogP) is 3.29. The molecule has 0 aromatic heterocycles. The fourth-order valence-electron chi connectivity index (χ4n) is 2.89. The van der Waals surface area contributed by atoms with Crippen LogP contribution in [0.15, 0.2) is 12.1 Å². The SMILES string of the molecule is CCOc1cc(C)c(C(C)CC(O)C(N)CC)c(C)c1. The second-order valence-corrected chi connectivity index (χ2v) is 5.68. The van der Waals surface area contributed by atoms with Gasteiger partial charge >= 0.3 is 0 Å². The van der Waals surface area contributed by atoms with Crippen LogP contribution in [-0.2, 0) is 0 Å². The van der Waals surface area contributed by atoms with Crippen molar-refractivity contribution in [2.45, 2.75) is 65.5 Å². The Morgan fingerprint density at radius 2 is 1.75 bits per heavy atom. The molecular formula is C17H29NO2. The maximum Gasteiger partial charge on any atom is 0.119 e. The highest BCUT2D eigenvalue weighted by molar-refractivity contribution is 5.43. The number of ether oxygens (including phenoxy) is 1. The molecule has 0 spiro atoms. The Labute approximate surface area is 123 Å². The van der Waals surface area contributed by atoms with E-state index in [0.717, 1.165) is 12.2 Å². The van der Waals surface area contributed by atoms with Crippen molar-refractivity contribution in [1.82, 2.24) is 0 Å². The molecule has 0 fully saturated rings. The molecule has 3 heteroatoms. The lowest BCUT2D eigenvalue weighted by Gasteiger charge is -2.24. The van der Waals surface area contributed by atoms with Gasteiger partial charge < -0.3 is 15.6 Å². The molecule has 0 aliphatic heterocycles. The van der Waals surface area contributed by atoms with E-state index >= 15 is 0 Å². The summed E-state index contributed by atoms with van der Waals surface area (Å²) in [6.07, 6.45) is 1.06. The van der Waals surface area contributed by atoms with Crippen LogP contribution in [-0.4, -0.2) is 23.9 Å². The first kappa shape index (κ1) is 17.0. The number of nitrogens with two attached hydrogens (primary N) is 1. The van der Waals surface area contributed by atoms with Gasteiger partial charge in [0.25, 0.3) is 0 Å². The van der Waals surface area contributed by atoms with Crippen molar-refractivity contribution in [3.63, 3.8) is 0 Å². The molecule has 3 N–H and O–H groups in total. The summed E-state index contributed by atoms with van der Waals surface area (Å²) in [6.45, 7) is 11.0. The first-order valence-electron chi connectivity index (χ1n) is 7.58. The zero-order valence-electron chi connectivity index (χ0n) is 13.4. The fourth-order valence-corrected chi connectivity index (χ4v) is 2.89. The quantitative estimate of drug-likeness (QED) is 0.805. The lowest BCUT2D eigenvalue weighted by atomic mass is 9.86. The van der Waals surface area contributed by atoms with Crippen molar-refractivity contribution in [2.24, 2.45) is 5.73 Å². The normalized spacial score (nSPS) is 15.8. The molecule has 1 aromatic rings. The summed E-state index contributed by atoms with van der Waals surface area (Å²) in [6, 6.07) is 4.02. The molecular weight excluding hydrogens is 250 g/mol. The van der Waals surface area contributed by atoms with Crippen LogP contribution in [0, 0.1) is 13.8 Å². The van der Waals surface area contributed by atoms with Crippen molar-refractivity contribution in [2.75, 3.05) is 6.61 Å². The molecule has 1 rings (SSSR count). The van der Waals surface area contributed by atoms with E-state index in [2.05, 4.69) is 32.9 Å². The van der Waals surface area contributed by atoms with Gasteiger partial charge in [-0.15, -0.1) is 0 Å². The minimum atomic E-state index is -0.444. The van der Waals surface area contributed by atoms with Crippen LogP contribution in [0.3, 0.4) is 0 Å². The molecule has 3 nitrogen and oxygen atoms in total. The van der Waals surface area contributed by atoms with Crippen molar-refractivity contribution in [1.29, 1.82) is 0 Å². The highest BCUT2D eigenvalue weighted by atomic mass is 16.5. The molecule has 0 radical (unpaired) electrons. The predicted molar refractivity (Wildman–Crippen MR) is 84.4 cm³/mol. The number of aliphatic hydroxyl groups is 1. The van der Waals surface area contributed by atoms with E-state index in [9.17, 15) is 5.11 Å². The van der Waals surface area contributed by atoms with Gasteiger partial charge in [0.15, 0.2) is 0 Å². The third-order valence-corrected chi connectivity index (χ3v) is 3.93. The highest BCUT2D eigenvalue weighted by Gasteiger charge is 2.20. The van der Waals surface area contributed by atoms with Crippen LogP contribution >= 0.6 is 0 Å². The first-order chi connectivity index (χ1) is 9.40. The summed E-state index contributed by atoms with van der Waals surface area (Å²) >= 11 is 0. The topological polar surface area (TPSA) is 55.5 Å². The molecule has 0 aliphatic carbocycles. The molecule has 0 bridgehead atoms. The summed E-state index contributed by atoms with van der Waals surface area (Å²) in [5.41, 5.74) is 9.66. The van der Waals surface area contributed by atoms with Crippen molar-refractivity contribution in [3.8, 4) is 5.75 Å². The maximum atomic E-state index is 10.1. The number of hydrogen-bond acceptors (Lipinski definition) is 3. The van der Waals surface area contributed by atoms with Gasteiger partial charge in [-0.25, -0.2) is 0 Å². The van der Waals surface area contributed by atoms with Gasteiger partial charge in [-0.1, -0.05) is 13.8 Å². The van der Waals surface area contributed by atoms with Crippen LogP contribution in [0.5, 0.6) is 5.75 Å². The average molecular weight is 279 g/mol. The zero-order chi connectivity index (χ0) is 15.3. The van der Waals surface area contributed by atoms with Crippen LogP contribution in [0.25, 0.3) is 0 Å². The van der Waals surface area contributed by atoms with Crippen LogP contribution in [0.4, 0.5) is 0 Å². The van der Waals surface area contributed by atoms with Crippen LogP contribution in [0.1, 0.15) is 56.2 Å². The van der Waals surface area contributed by atoms with E-state index in [1.54, 1.807) is 0 Å². The molecule has 0 saturated heterocycles. The van der Waals surface area contributed by atoms with Gasteiger partial charge in [0.05, 0.1) is 12.7 Å². The molecule has 0 saturated carbocycles. The Morgan fingerprint density at radius 1 is 1.20 bits per heavy atom. The Morgan fingerprint density at radius 3 is 2.20 bits per heavy atom. The van der Waals surface area contributed by atoms with E-state index in [1.807, 2.05) is 13.8 Å². The van der Waals surface area contributed by atoms with Gasteiger partial charge in [-0.05, 0) is 68.4 Å². The van der Waals surface area contributed by atoms with Gasteiger partial charge in [0.2, 0.25) is 0 Å². The molecule has 0 aliphatic rings. The molecule has 0 heterocycles. The monoisotopic (exact) mass is 279 g/mol. The summed E-state index contributed by atoms with van der Waals surface area (Å²) in [7, 11) is 0. The Bertz CT molecular complexity index is 408. The summed E-state index contributed by atoms with van der Waals surface area (Å²) in [5.74, 6) is 1.21. The Balaban J connectivity index is 2.90. The van der Waals surface area contributed by atoms with E-state index in [-0.39, 0.29) is 6.04 Å². The number of hydrogen-bond donors (Lipinski definition) is 2. The van der Waals surface area contributed by atoms with E-state index < -0.39 is 6.10 Å². The minimum absolute atomic E-state index is 0.138. The highest BCUT2D eigenvalue weighted by Crippen LogP contribution is 2.31. The zero-order valence-corrected chi connectivity index (χ0v) is 13.4. The van der Waals surface area contributed by atoms with Gasteiger partial charge in [-0.3, -0.25) is 0 Å². The fraction of sp³-hybridized carbons (Fsp3) is 0.647. The van der Waals surface area contributed by atoms with E-state index in [0.29, 0.717) is 18.9 Å². The standard InChI is InChI=1S/C17H29NO2/c1-6-15(18)16(19)10-13(5)17-11(3)8-14(20-7-2)9-12(17)4/h8-9,13,15-16,19H,6-7,10,18H2,1-5H3. The largest absolute Gasteiger partial charge is 0.494 e. The number of benzene rings is 1. The number of aliphatic hydroxyl groups excluding tert-OH is 1. The Hall–Kier alpha value is -1.06. The molecule has 3 unspecified atom stereocenters. The molecule has 20 heavy (non-hydrogen) atoms. The second-order valence-electron chi connectivity index (χ2n) is 5.68. The summed E-state index contributed by atoms with van der Waals surface area (Å²) < 4.78 is 5.57. The number of aryl methyl sites for hydroxylation is 2. The van der Waals surface area contributed by atoms with Gasteiger partial charge in [-0.2, -0.15) is 0 Å². The summed E-state index contributed by atoms with van der Waals surface area (Å²) in [4.78, 5) is 0. The Kier molecular flexibility index (Phi) is 6.50. The lowest BCUT2D eigenvalue weighted by Crippen LogP contribution is -2.34. The molecule has 0 amide bonds. The minimum Gasteiger partial charge on any atom is -0.494 e. The van der Waals surface area contributed by atoms with Gasteiger partial charge in [0, 0.05) is 6.04 Å². The molecule has 3 atom stereocenters. The molecule has 114 valence electrons. The van der Waals surface area contributed by atoms with Crippen molar-refractivity contribution in [3.05, 3.63) is 28.8 Å². The maximum absolute atomic E-state index is 10.1. The lowest BCUT2D eigenvalue weighted by molar-refractivity contribution is 0.126. The number of rotatable bonds is 7. The van der Waals surface area contributed by atoms with Crippen molar-refractivity contribution < 1.29 is 9.84 Å². The van der Waals surface area contributed by atoms with Crippen LogP contribution < -0.4 is 10.5 Å². The van der Waals surface area contributed by atoms with Gasteiger partial charge in [0.1, 0.15) is 5.75 Å². The third kappa shape index (κ3) is 4.22. The van der Waals surface area contributed by atoms with E-state index in [4.69, 9.17) is 10.5 Å². The summed E-state index contributed by atoms with van der Waals surface area (Å²) in [5, 5.41) is 10.1. The smallest absolute Gasteiger partial charge is 0.119 e. The van der Waals surface area contributed by atoms with Crippen LogP contribution in [0.2, 0.25) is 0 Å². The van der Waals surface area contributed by atoms with E-state index in [1.165, 1.54) is 16.7 Å². The first-order valence-corrected chi connectivity index (χ1v) is 7.58. The average Bonchev–Trinajstić information content (AvgIpc) is 2.37. The van der Waals surface area contributed by atoms with Crippen molar-refractivity contribution >= 4 is 0 Å². The third-order valence-electron chi connectivity index (χ3n) is 3.93.